The van der Waals surface area contributed by atoms with Gasteiger partial charge in [-0.15, -0.1) is 0 Å². The Morgan fingerprint density at radius 2 is 1.29 bits per heavy atom. The number of hydrogen-bond acceptors (Lipinski definition) is 1. The van der Waals surface area contributed by atoms with Crippen LogP contribution >= 0.6 is 0 Å². The van der Waals surface area contributed by atoms with Crippen molar-refractivity contribution < 1.29 is 0 Å². The highest BCUT2D eigenvalue weighted by Crippen LogP contribution is 2.55. The molecule has 0 saturated heterocycles. The Balaban J connectivity index is 2.23. The number of benzene rings is 3. The van der Waals surface area contributed by atoms with Crippen LogP contribution in [0.25, 0.3) is 0 Å². The summed E-state index contributed by atoms with van der Waals surface area (Å²) >= 11 is 0. The zero-order valence-electron chi connectivity index (χ0n) is 22.7. The summed E-state index contributed by atoms with van der Waals surface area (Å²) in [6.45, 7) is 18.8. The molecule has 0 heterocycles. The normalized spacial score (nSPS) is 16.6. The third-order valence-corrected chi connectivity index (χ3v) is 9.74. The summed E-state index contributed by atoms with van der Waals surface area (Å²) < 4.78 is 0. The van der Waals surface area contributed by atoms with Crippen LogP contribution in [-0.2, 0) is 5.41 Å². The molecule has 1 unspecified atom stereocenters. The van der Waals surface area contributed by atoms with Gasteiger partial charge in [0.05, 0.1) is 14.2 Å². The molecule has 182 valence electrons. The van der Waals surface area contributed by atoms with Crippen molar-refractivity contribution >= 4 is 19.7 Å². The average molecular weight is 480 g/mol. The highest BCUT2D eigenvalue weighted by atomic mass is 28.3. The molecule has 2 heteroatoms. The molecule has 0 aliphatic heterocycles. The van der Waals surface area contributed by atoms with Gasteiger partial charge in [0.2, 0.25) is 0 Å². The molecule has 1 N–H and O–H groups in total. The number of hydrogen-bond donors (Lipinski definition) is 1. The SMILES string of the molecule is CC1=C(C)C(C)C(C(c2ccccc2)(c2ccccc2)c2cccc([SiH](C)C)c2NC(C)C)=C1C. The van der Waals surface area contributed by atoms with Crippen LogP contribution in [0.5, 0.6) is 0 Å². The fourth-order valence-corrected chi connectivity index (χ4v) is 7.41. The van der Waals surface area contributed by atoms with Crippen LogP contribution in [0.3, 0.4) is 0 Å². The van der Waals surface area contributed by atoms with Crippen LogP contribution in [0.4, 0.5) is 5.69 Å². The lowest BCUT2D eigenvalue weighted by molar-refractivity contribution is 0.626. The Bertz CT molecular complexity index is 1210. The molecule has 4 rings (SSSR count). The fraction of sp³-hybridized carbons (Fsp3) is 0.333. The molecule has 1 aliphatic rings. The second kappa shape index (κ2) is 10.0. The highest BCUT2D eigenvalue weighted by molar-refractivity contribution is 6.72. The molecule has 35 heavy (non-hydrogen) atoms. The first-order valence-corrected chi connectivity index (χ1v) is 16.0. The number of nitrogens with one attached hydrogen (secondary N) is 1. The van der Waals surface area contributed by atoms with Crippen molar-refractivity contribution in [3.8, 4) is 0 Å². The van der Waals surface area contributed by atoms with E-state index in [0.29, 0.717) is 12.0 Å². The zero-order chi connectivity index (χ0) is 25.3. The molecule has 0 amide bonds. The van der Waals surface area contributed by atoms with Crippen LogP contribution in [0.1, 0.15) is 58.2 Å². The van der Waals surface area contributed by atoms with E-state index in [-0.39, 0.29) is 5.41 Å². The third kappa shape index (κ3) is 4.23. The summed E-state index contributed by atoms with van der Waals surface area (Å²) in [6, 6.07) is 29.8. The molecule has 0 radical (unpaired) electrons. The quantitative estimate of drug-likeness (QED) is 0.269. The second-order valence-corrected chi connectivity index (χ2v) is 13.7. The molecule has 1 aliphatic carbocycles. The topological polar surface area (TPSA) is 12.0 Å². The minimum Gasteiger partial charge on any atom is -0.383 e. The van der Waals surface area contributed by atoms with Gasteiger partial charge in [0.1, 0.15) is 0 Å². The highest BCUT2D eigenvalue weighted by Gasteiger charge is 2.47. The van der Waals surface area contributed by atoms with E-state index in [9.17, 15) is 0 Å². The Morgan fingerprint density at radius 3 is 1.71 bits per heavy atom. The molecule has 0 saturated carbocycles. The summed E-state index contributed by atoms with van der Waals surface area (Å²) in [5.74, 6) is 0.363. The van der Waals surface area contributed by atoms with Crippen LogP contribution in [-0.4, -0.2) is 14.8 Å². The van der Waals surface area contributed by atoms with E-state index in [1.807, 2.05) is 0 Å². The predicted molar refractivity (Wildman–Crippen MR) is 157 cm³/mol. The first-order chi connectivity index (χ1) is 16.7. The molecule has 0 bridgehead atoms. The van der Waals surface area contributed by atoms with Gasteiger partial charge in [0.15, 0.2) is 0 Å². The summed E-state index contributed by atoms with van der Waals surface area (Å²) in [5, 5.41) is 5.45. The smallest absolute Gasteiger partial charge is 0.0693 e. The minimum absolute atomic E-state index is 0.351. The minimum atomic E-state index is -1.09. The van der Waals surface area contributed by atoms with Crippen molar-refractivity contribution in [3.05, 3.63) is 118 Å². The average Bonchev–Trinajstić information content (AvgIpc) is 3.04. The van der Waals surface area contributed by atoms with E-state index in [4.69, 9.17) is 0 Å². The van der Waals surface area contributed by atoms with Crippen LogP contribution in [0.15, 0.2) is 101 Å². The lowest BCUT2D eigenvalue weighted by atomic mass is 9.61. The first-order valence-electron chi connectivity index (χ1n) is 13.1. The van der Waals surface area contributed by atoms with Gasteiger partial charge in [-0.3, -0.25) is 0 Å². The molecular weight excluding hydrogens is 438 g/mol. The van der Waals surface area contributed by atoms with Crippen LogP contribution < -0.4 is 10.5 Å². The van der Waals surface area contributed by atoms with E-state index in [1.54, 1.807) is 0 Å². The predicted octanol–water partition coefficient (Wildman–Crippen LogP) is 7.84. The number of rotatable bonds is 7. The van der Waals surface area contributed by atoms with Crippen molar-refractivity contribution in [2.45, 2.75) is 66.1 Å². The van der Waals surface area contributed by atoms with Gasteiger partial charge in [0.25, 0.3) is 0 Å². The lowest BCUT2D eigenvalue weighted by Crippen LogP contribution is -2.39. The van der Waals surface area contributed by atoms with E-state index < -0.39 is 8.80 Å². The van der Waals surface area contributed by atoms with Crippen molar-refractivity contribution in [2.24, 2.45) is 5.92 Å². The maximum atomic E-state index is 3.94. The molecule has 1 nitrogen and oxygen atoms in total. The molecule has 0 fully saturated rings. The number of para-hydroxylation sites is 1. The van der Waals surface area contributed by atoms with Crippen LogP contribution in [0.2, 0.25) is 13.1 Å². The maximum Gasteiger partial charge on any atom is 0.0693 e. The summed E-state index contributed by atoms with van der Waals surface area (Å²) in [4.78, 5) is 0. The van der Waals surface area contributed by atoms with E-state index in [0.717, 1.165) is 0 Å². The fourth-order valence-electron chi connectivity index (χ4n) is 6.09. The van der Waals surface area contributed by atoms with Crippen molar-refractivity contribution in [2.75, 3.05) is 5.32 Å². The Labute approximate surface area is 214 Å². The second-order valence-electron chi connectivity index (χ2n) is 10.8. The number of anilines is 1. The third-order valence-electron chi connectivity index (χ3n) is 8.01. The van der Waals surface area contributed by atoms with Gasteiger partial charge in [-0.2, -0.15) is 0 Å². The van der Waals surface area contributed by atoms with Crippen molar-refractivity contribution in [3.63, 3.8) is 0 Å². The van der Waals surface area contributed by atoms with Gasteiger partial charge in [-0.25, -0.2) is 0 Å². The summed E-state index contributed by atoms with van der Waals surface area (Å²) in [6.07, 6.45) is 0. The summed E-state index contributed by atoms with van der Waals surface area (Å²) in [5.41, 5.74) is 10.9. The van der Waals surface area contributed by atoms with Crippen molar-refractivity contribution in [1.82, 2.24) is 0 Å². The molecule has 1 atom stereocenters. The van der Waals surface area contributed by atoms with Crippen LogP contribution in [0, 0.1) is 5.92 Å². The van der Waals surface area contributed by atoms with Crippen molar-refractivity contribution in [1.29, 1.82) is 0 Å². The Morgan fingerprint density at radius 1 is 0.743 bits per heavy atom. The first kappa shape index (κ1) is 25.3. The van der Waals surface area contributed by atoms with Gasteiger partial charge in [-0.1, -0.05) is 104 Å². The maximum absolute atomic E-state index is 3.94. The Hall–Kier alpha value is -2.84. The molecule has 0 spiro atoms. The molecule has 3 aromatic rings. The molecule has 0 aromatic heterocycles. The monoisotopic (exact) mass is 479 g/mol. The van der Waals surface area contributed by atoms with Gasteiger partial charge >= 0.3 is 0 Å². The lowest BCUT2D eigenvalue weighted by Gasteiger charge is -2.42. The zero-order valence-corrected chi connectivity index (χ0v) is 23.9. The largest absolute Gasteiger partial charge is 0.383 e. The molecular formula is C33H41NSi. The number of allylic oxidation sites excluding steroid dienone is 4. The van der Waals surface area contributed by atoms with Gasteiger partial charge < -0.3 is 5.32 Å². The van der Waals surface area contributed by atoms with E-state index >= 15 is 0 Å². The van der Waals surface area contributed by atoms with Gasteiger partial charge in [-0.05, 0) is 73.2 Å². The van der Waals surface area contributed by atoms with E-state index in [1.165, 1.54) is 49.9 Å². The Kier molecular flexibility index (Phi) is 7.24. The standard InChI is InChI=1S/C33H41NSi/c1-22(2)34-32-29(20-15-21-30(32)35(7)8)33(27-16-11-9-12-17-27,28-18-13-10-14-19-28)31-25(5)23(3)24(4)26(31)6/h9-22,25,34-35H,1-8H3. The molecule has 3 aromatic carbocycles. The van der Waals surface area contributed by atoms with E-state index in [2.05, 4.69) is 139 Å². The van der Waals surface area contributed by atoms with Gasteiger partial charge in [0, 0.05) is 17.6 Å². The summed E-state index contributed by atoms with van der Waals surface area (Å²) in [7, 11) is -1.09.